The number of anilines is 1. The monoisotopic (exact) mass is 316 g/mol. The van der Waals surface area contributed by atoms with Crippen molar-refractivity contribution in [3.63, 3.8) is 0 Å². The number of rotatable bonds is 4. The number of para-hydroxylation sites is 2. The summed E-state index contributed by atoms with van der Waals surface area (Å²) in [5.41, 5.74) is 0.681. The van der Waals surface area contributed by atoms with Crippen molar-refractivity contribution in [3.8, 4) is 5.75 Å². The highest BCUT2D eigenvalue weighted by Gasteiger charge is 2.34. The van der Waals surface area contributed by atoms with Gasteiger partial charge in [-0.05, 0) is 31.4 Å². The molecule has 1 N–H and O–H groups in total. The van der Waals surface area contributed by atoms with E-state index < -0.39 is 6.10 Å². The Kier molecular flexibility index (Phi) is 4.84. The van der Waals surface area contributed by atoms with E-state index in [0.29, 0.717) is 17.9 Å². The van der Waals surface area contributed by atoms with Crippen molar-refractivity contribution in [2.24, 2.45) is 0 Å². The lowest BCUT2D eigenvalue weighted by Crippen LogP contribution is -2.51. The zero-order chi connectivity index (χ0) is 16.2. The molecule has 1 aromatic carbocycles. The van der Waals surface area contributed by atoms with E-state index in [1.54, 1.807) is 4.90 Å². The van der Waals surface area contributed by atoms with Crippen molar-refractivity contribution in [2.45, 2.75) is 57.6 Å². The average Bonchev–Trinajstić information content (AvgIpc) is 2.58. The number of hydrogen-bond donors (Lipinski definition) is 1. The Labute approximate surface area is 137 Å². The molecule has 5 heteroatoms. The Morgan fingerprint density at radius 2 is 2.00 bits per heavy atom. The van der Waals surface area contributed by atoms with E-state index in [4.69, 9.17) is 4.74 Å². The van der Waals surface area contributed by atoms with E-state index >= 15 is 0 Å². The summed E-state index contributed by atoms with van der Waals surface area (Å²) in [6.45, 7) is 1.98. The van der Waals surface area contributed by atoms with Crippen molar-refractivity contribution >= 4 is 17.5 Å². The van der Waals surface area contributed by atoms with Gasteiger partial charge in [-0.1, -0.05) is 38.3 Å². The Hall–Kier alpha value is -2.04. The molecule has 124 valence electrons. The third kappa shape index (κ3) is 3.49. The van der Waals surface area contributed by atoms with Gasteiger partial charge in [0.1, 0.15) is 12.3 Å². The van der Waals surface area contributed by atoms with Gasteiger partial charge in [0, 0.05) is 6.04 Å². The van der Waals surface area contributed by atoms with Crippen LogP contribution in [0.4, 0.5) is 5.69 Å². The molecule has 3 rings (SSSR count). The number of fused-ring (bicyclic) bond motifs is 1. The van der Waals surface area contributed by atoms with Crippen LogP contribution in [0.25, 0.3) is 0 Å². The molecule has 1 atom stereocenters. The second-order valence-electron chi connectivity index (χ2n) is 6.31. The second-order valence-corrected chi connectivity index (χ2v) is 6.31. The van der Waals surface area contributed by atoms with Crippen LogP contribution in [0.2, 0.25) is 0 Å². The molecular formula is C18H24N2O3. The zero-order valence-corrected chi connectivity index (χ0v) is 13.6. The number of ether oxygens (including phenoxy) is 1. The number of amides is 2. The molecule has 1 heterocycles. The normalized spacial score (nSPS) is 21.5. The van der Waals surface area contributed by atoms with Crippen molar-refractivity contribution in [3.05, 3.63) is 24.3 Å². The fourth-order valence-corrected chi connectivity index (χ4v) is 3.36. The second kappa shape index (κ2) is 7.02. The third-order valence-corrected chi connectivity index (χ3v) is 4.61. The van der Waals surface area contributed by atoms with Gasteiger partial charge in [0.25, 0.3) is 5.91 Å². The van der Waals surface area contributed by atoms with Crippen molar-refractivity contribution in [1.29, 1.82) is 0 Å². The van der Waals surface area contributed by atoms with Gasteiger partial charge in [-0.2, -0.15) is 0 Å². The van der Waals surface area contributed by atoms with Gasteiger partial charge < -0.3 is 10.1 Å². The lowest BCUT2D eigenvalue weighted by atomic mass is 9.95. The number of nitrogens with zero attached hydrogens (tertiary/aromatic N) is 1. The Morgan fingerprint density at radius 1 is 1.26 bits per heavy atom. The molecule has 5 nitrogen and oxygen atoms in total. The third-order valence-electron chi connectivity index (χ3n) is 4.61. The first-order valence-corrected chi connectivity index (χ1v) is 8.55. The number of carbonyl (C=O) groups is 2. The van der Waals surface area contributed by atoms with Crippen LogP contribution in [0.15, 0.2) is 24.3 Å². The summed E-state index contributed by atoms with van der Waals surface area (Å²) in [6, 6.07) is 7.66. The predicted octanol–water partition coefficient (Wildman–Crippen LogP) is 2.64. The number of carbonyl (C=O) groups excluding carboxylic acids is 2. The molecule has 1 aromatic rings. The van der Waals surface area contributed by atoms with Crippen LogP contribution in [0.1, 0.15) is 45.4 Å². The van der Waals surface area contributed by atoms with Crippen molar-refractivity contribution in [2.75, 3.05) is 11.4 Å². The maximum Gasteiger partial charge on any atom is 0.268 e. The van der Waals surface area contributed by atoms with Crippen LogP contribution >= 0.6 is 0 Å². The van der Waals surface area contributed by atoms with E-state index in [0.717, 1.165) is 12.8 Å². The molecular weight excluding hydrogens is 292 g/mol. The van der Waals surface area contributed by atoms with E-state index in [1.165, 1.54) is 19.3 Å². The molecule has 0 spiro atoms. The van der Waals surface area contributed by atoms with Crippen molar-refractivity contribution < 1.29 is 14.3 Å². The molecule has 1 aliphatic heterocycles. The Balaban J connectivity index is 1.72. The summed E-state index contributed by atoms with van der Waals surface area (Å²) in [5.74, 6) is 0.450. The van der Waals surface area contributed by atoms with E-state index in [2.05, 4.69) is 5.32 Å². The first-order chi connectivity index (χ1) is 11.2. The van der Waals surface area contributed by atoms with Crippen LogP contribution in [0, 0.1) is 0 Å². The minimum absolute atomic E-state index is 0.0617. The van der Waals surface area contributed by atoms with Gasteiger partial charge in [0.15, 0.2) is 6.10 Å². The largest absolute Gasteiger partial charge is 0.478 e. The smallest absolute Gasteiger partial charge is 0.268 e. The van der Waals surface area contributed by atoms with Gasteiger partial charge in [0.2, 0.25) is 5.91 Å². The predicted molar refractivity (Wildman–Crippen MR) is 88.5 cm³/mol. The van der Waals surface area contributed by atoms with Crippen molar-refractivity contribution in [1.82, 2.24) is 5.32 Å². The Bertz CT molecular complexity index is 581. The van der Waals surface area contributed by atoms with Gasteiger partial charge in [-0.15, -0.1) is 0 Å². The molecule has 2 aliphatic rings. The molecule has 1 fully saturated rings. The standard InChI is InChI=1S/C18H24N2O3/c1-2-15-18(22)20(14-10-6-7-11-16(14)23-15)12-17(21)19-13-8-4-3-5-9-13/h6-7,10-11,13,15H,2-5,8-9,12H2,1H3,(H,19,21). The zero-order valence-electron chi connectivity index (χ0n) is 13.6. The van der Waals surface area contributed by atoms with Crippen LogP contribution in [-0.4, -0.2) is 30.5 Å². The van der Waals surface area contributed by atoms with E-state index in [9.17, 15) is 9.59 Å². The minimum Gasteiger partial charge on any atom is -0.478 e. The lowest BCUT2D eigenvalue weighted by Gasteiger charge is -2.34. The lowest BCUT2D eigenvalue weighted by molar-refractivity contribution is -0.129. The van der Waals surface area contributed by atoms with Crippen LogP contribution in [0.5, 0.6) is 5.75 Å². The van der Waals surface area contributed by atoms with Gasteiger partial charge in [0.05, 0.1) is 5.69 Å². The maximum atomic E-state index is 12.6. The molecule has 0 saturated heterocycles. The van der Waals surface area contributed by atoms with Gasteiger partial charge in [-0.25, -0.2) is 0 Å². The quantitative estimate of drug-likeness (QED) is 0.929. The maximum absolute atomic E-state index is 12.6. The number of hydrogen-bond acceptors (Lipinski definition) is 3. The Morgan fingerprint density at radius 3 is 2.74 bits per heavy atom. The van der Waals surface area contributed by atoms with E-state index in [1.807, 2.05) is 31.2 Å². The molecule has 0 bridgehead atoms. The molecule has 0 aromatic heterocycles. The van der Waals surface area contributed by atoms with Gasteiger partial charge in [-0.3, -0.25) is 14.5 Å². The number of benzene rings is 1. The minimum atomic E-state index is -0.507. The summed E-state index contributed by atoms with van der Waals surface area (Å²) >= 11 is 0. The summed E-state index contributed by atoms with van der Waals surface area (Å²) in [4.78, 5) is 26.5. The first kappa shape index (κ1) is 15.8. The van der Waals surface area contributed by atoms with Crippen LogP contribution < -0.4 is 15.0 Å². The van der Waals surface area contributed by atoms with E-state index in [-0.39, 0.29) is 24.4 Å². The molecule has 1 unspecified atom stereocenters. The molecule has 1 aliphatic carbocycles. The molecule has 0 radical (unpaired) electrons. The highest BCUT2D eigenvalue weighted by molar-refractivity contribution is 6.03. The summed E-state index contributed by atoms with van der Waals surface area (Å²) in [5, 5.41) is 3.08. The van der Waals surface area contributed by atoms with Crippen LogP contribution in [0.3, 0.4) is 0 Å². The summed E-state index contributed by atoms with van der Waals surface area (Å²) < 4.78 is 5.73. The number of nitrogens with one attached hydrogen (secondary N) is 1. The topological polar surface area (TPSA) is 58.6 Å². The first-order valence-electron chi connectivity index (χ1n) is 8.55. The SMILES string of the molecule is CCC1Oc2ccccc2N(CC(=O)NC2CCCCC2)C1=O. The highest BCUT2D eigenvalue weighted by Crippen LogP contribution is 2.34. The fraction of sp³-hybridized carbons (Fsp3) is 0.556. The molecule has 23 heavy (non-hydrogen) atoms. The van der Waals surface area contributed by atoms with Crippen LogP contribution in [-0.2, 0) is 9.59 Å². The fourth-order valence-electron chi connectivity index (χ4n) is 3.36. The average molecular weight is 316 g/mol. The summed E-state index contributed by atoms with van der Waals surface area (Å²) in [6.07, 6.45) is 5.75. The summed E-state index contributed by atoms with van der Waals surface area (Å²) in [7, 11) is 0. The van der Waals surface area contributed by atoms with Gasteiger partial charge >= 0.3 is 0 Å². The highest BCUT2D eigenvalue weighted by atomic mass is 16.5. The molecule has 2 amide bonds. The molecule has 1 saturated carbocycles.